The van der Waals surface area contributed by atoms with Gasteiger partial charge in [0.05, 0.1) is 38.2 Å². The molecule has 0 fully saturated rings. The lowest BCUT2D eigenvalue weighted by Crippen LogP contribution is -3.06. The number of aliphatic imine (C=N–C) groups is 1. The first-order chi connectivity index (χ1) is 9.60. The quantitative estimate of drug-likeness (QED) is 0.595. The summed E-state index contributed by atoms with van der Waals surface area (Å²) in [4.78, 5) is 18.2. The smallest absolute Gasteiger partial charge is 0.328 e. The molecular formula is C14H20N3O2S+. The highest BCUT2D eigenvalue weighted by molar-refractivity contribution is 7.10. The molecule has 20 heavy (non-hydrogen) atoms. The van der Waals surface area contributed by atoms with Gasteiger partial charge in [0.1, 0.15) is 6.04 Å². The Morgan fingerprint density at radius 2 is 2.40 bits per heavy atom. The summed E-state index contributed by atoms with van der Waals surface area (Å²) in [7, 11) is 4.13. The van der Waals surface area contributed by atoms with E-state index in [0.29, 0.717) is 6.54 Å². The highest BCUT2D eigenvalue weighted by Crippen LogP contribution is 2.16. The van der Waals surface area contributed by atoms with E-state index < -0.39 is 11.9 Å². The third kappa shape index (κ3) is 4.76. The molecule has 0 bridgehead atoms. The number of nitriles is 1. The number of ether oxygens (including phenoxy) is 1. The molecule has 1 N–H and O–H groups in total. The van der Waals surface area contributed by atoms with Gasteiger partial charge in [-0.3, -0.25) is 9.79 Å². The van der Waals surface area contributed by atoms with Crippen LogP contribution in [0.3, 0.4) is 0 Å². The SMILES string of the molecule is CCOC(=O)[C@H](C#N)C=NC[C@H](c1cccs1)[NH+](C)C. The topological polar surface area (TPSA) is 66.9 Å². The molecule has 0 amide bonds. The maximum absolute atomic E-state index is 11.5. The van der Waals surface area contributed by atoms with E-state index in [4.69, 9.17) is 10.00 Å². The molecule has 0 radical (unpaired) electrons. The van der Waals surface area contributed by atoms with Crippen molar-refractivity contribution in [3.8, 4) is 6.07 Å². The second-order valence-electron chi connectivity index (χ2n) is 4.52. The molecule has 108 valence electrons. The van der Waals surface area contributed by atoms with Crippen molar-refractivity contribution in [2.45, 2.75) is 13.0 Å². The summed E-state index contributed by atoms with van der Waals surface area (Å²) in [6.07, 6.45) is 1.39. The number of carbonyl (C=O) groups excluding carboxylic acids is 1. The first-order valence-electron chi connectivity index (χ1n) is 6.49. The fourth-order valence-corrected chi connectivity index (χ4v) is 2.64. The molecule has 1 heterocycles. The van der Waals surface area contributed by atoms with Crippen LogP contribution in [0.15, 0.2) is 22.5 Å². The van der Waals surface area contributed by atoms with Crippen molar-refractivity contribution in [1.82, 2.24) is 0 Å². The summed E-state index contributed by atoms with van der Waals surface area (Å²) in [6, 6.07) is 6.21. The molecule has 5 nitrogen and oxygen atoms in total. The molecule has 0 aromatic carbocycles. The second kappa shape index (κ2) is 8.46. The molecule has 0 spiro atoms. The van der Waals surface area contributed by atoms with E-state index in [1.165, 1.54) is 16.0 Å². The van der Waals surface area contributed by atoms with Gasteiger partial charge in [-0.1, -0.05) is 6.07 Å². The van der Waals surface area contributed by atoms with Crippen molar-refractivity contribution in [3.63, 3.8) is 0 Å². The molecule has 6 heteroatoms. The van der Waals surface area contributed by atoms with E-state index in [1.54, 1.807) is 18.3 Å². The zero-order valence-corrected chi connectivity index (χ0v) is 12.8. The number of nitrogens with one attached hydrogen (secondary N) is 1. The Morgan fingerprint density at radius 3 is 2.90 bits per heavy atom. The number of rotatable bonds is 7. The lowest BCUT2D eigenvalue weighted by molar-refractivity contribution is -0.890. The highest BCUT2D eigenvalue weighted by Gasteiger charge is 2.20. The molecule has 0 unspecified atom stereocenters. The van der Waals surface area contributed by atoms with Gasteiger partial charge in [0.25, 0.3) is 0 Å². The summed E-state index contributed by atoms with van der Waals surface area (Å²) < 4.78 is 4.82. The molecular weight excluding hydrogens is 274 g/mol. The number of esters is 1. The maximum atomic E-state index is 11.5. The van der Waals surface area contributed by atoms with Crippen LogP contribution in [0.4, 0.5) is 0 Å². The zero-order valence-electron chi connectivity index (χ0n) is 12.0. The van der Waals surface area contributed by atoms with Gasteiger partial charge in [-0.05, 0) is 18.4 Å². The minimum absolute atomic E-state index is 0.229. The van der Waals surface area contributed by atoms with Crippen LogP contribution >= 0.6 is 11.3 Å². The molecule has 1 rings (SSSR count). The summed E-state index contributed by atoms with van der Waals surface area (Å²) in [5.41, 5.74) is 0. The van der Waals surface area contributed by atoms with Gasteiger partial charge in [-0.15, -0.1) is 11.3 Å². The predicted octanol–water partition coefficient (Wildman–Crippen LogP) is 0.707. The number of hydrogen-bond acceptors (Lipinski definition) is 5. The van der Waals surface area contributed by atoms with Crippen molar-refractivity contribution in [1.29, 1.82) is 5.26 Å². The minimum Gasteiger partial charge on any atom is -0.465 e. The van der Waals surface area contributed by atoms with Crippen molar-refractivity contribution in [2.24, 2.45) is 10.9 Å². The van der Waals surface area contributed by atoms with E-state index >= 15 is 0 Å². The van der Waals surface area contributed by atoms with Gasteiger partial charge in [-0.2, -0.15) is 5.26 Å². The Morgan fingerprint density at radius 1 is 1.65 bits per heavy atom. The number of quaternary nitrogens is 1. The fraction of sp³-hybridized carbons (Fsp3) is 0.500. The monoisotopic (exact) mass is 294 g/mol. The summed E-state index contributed by atoms with van der Waals surface area (Å²) in [5, 5.41) is 11.0. The number of hydrogen-bond donors (Lipinski definition) is 1. The van der Waals surface area contributed by atoms with Crippen molar-refractivity contribution < 1.29 is 14.4 Å². The normalized spacial score (nSPS) is 14.2. The molecule has 0 aliphatic rings. The average molecular weight is 294 g/mol. The van der Waals surface area contributed by atoms with Gasteiger partial charge >= 0.3 is 5.97 Å². The van der Waals surface area contributed by atoms with E-state index in [1.807, 2.05) is 17.5 Å². The van der Waals surface area contributed by atoms with Crippen molar-refractivity contribution in [3.05, 3.63) is 22.4 Å². The van der Waals surface area contributed by atoms with Crippen LogP contribution in [0.5, 0.6) is 0 Å². The van der Waals surface area contributed by atoms with Gasteiger partial charge in [0.2, 0.25) is 0 Å². The summed E-state index contributed by atoms with van der Waals surface area (Å²) in [6.45, 7) is 2.52. The molecule has 0 saturated carbocycles. The number of nitrogens with zero attached hydrogens (tertiary/aromatic N) is 2. The highest BCUT2D eigenvalue weighted by atomic mass is 32.1. The van der Waals surface area contributed by atoms with E-state index in [2.05, 4.69) is 25.2 Å². The second-order valence-corrected chi connectivity index (χ2v) is 5.50. The van der Waals surface area contributed by atoms with Crippen LogP contribution in [0, 0.1) is 17.2 Å². The Kier molecular flexibility index (Phi) is 6.91. The predicted molar refractivity (Wildman–Crippen MR) is 79.0 cm³/mol. The lowest BCUT2D eigenvalue weighted by Gasteiger charge is -2.18. The summed E-state index contributed by atoms with van der Waals surface area (Å²) >= 11 is 1.69. The van der Waals surface area contributed by atoms with Crippen molar-refractivity contribution >= 4 is 23.5 Å². The van der Waals surface area contributed by atoms with Crippen LogP contribution in [-0.4, -0.2) is 39.4 Å². The van der Waals surface area contributed by atoms with E-state index in [9.17, 15) is 4.79 Å². The molecule has 1 aromatic heterocycles. The molecule has 2 atom stereocenters. The number of thiophene rings is 1. The maximum Gasteiger partial charge on any atom is 0.328 e. The minimum atomic E-state index is -0.920. The Hall–Kier alpha value is -1.71. The molecule has 1 aromatic rings. The van der Waals surface area contributed by atoms with Crippen LogP contribution in [0.25, 0.3) is 0 Å². The van der Waals surface area contributed by atoms with Gasteiger partial charge < -0.3 is 9.64 Å². The lowest BCUT2D eigenvalue weighted by atomic mass is 10.2. The molecule has 0 aliphatic heterocycles. The molecule has 0 aliphatic carbocycles. The fourth-order valence-electron chi connectivity index (χ4n) is 1.70. The van der Waals surface area contributed by atoms with Crippen LogP contribution < -0.4 is 4.90 Å². The van der Waals surface area contributed by atoms with Crippen LogP contribution in [0.2, 0.25) is 0 Å². The van der Waals surface area contributed by atoms with E-state index in [0.717, 1.165) is 0 Å². The third-order valence-corrected chi connectivity index (χ3v) is 3.79. The Bertz CT molecular complexity index is 477. The first-order valence-corrected chi connectivity index (χ1v) is 7.37. The first kappa shape index (κ1) is 16.3. The Balaban J connectivity index is 2.65. The van der Waals surface area contributed by atoms with Gasteiger partial charge in [0.15, 0.2) is 5.92 Å². The largest absolute Gasteiger partial charge is 0.465 e. The van der Waals surface area contributed by atoms with Gasteiger partial charge in [0, 0.05) is 6.21 Å². The average Bonchev–Trinajstić information content (AvgIpc) is 2.92. The standard InChI is InChI=1S/C14H19N3O2S/c1-4-19-14(18)11(8-15)9-16-10-12(17(2)3)13-6-5-7-20-13/h5-7,9,11-12H,4,10H2,1-3H3/p+1/t11-,12-/m1/s1. The van der Waals surface area contributed by atoms with Crippen LogP contribution in [-0.2, 0) is 9.53 Å². The third-order valence-electron chi connectivity index (χ3n) is 2.81. The van der Waals surface area contributed by atoms with Crippen molar-refractivity contribution in [2.75, 3.05) is 27.2 Å². The van der Waals surface area contributed by atoms with Crippen LogP contribution in [0.1, 0.15) is 17.8 Å². The Labute approximate surface area is 123 Å². The number of carbonyl (C=O) groups is 1. The zero-order chi connectivity index (χ0) is 15.0. The summed E-state index contributed by atoms with van der Waals surface area (Å²) in [5.74, 6) is -1.46. The van der Waals surface area contributed by atoms with E-state index in [-0.39, 0.29) is 12.6 Å². The number of likely N-dealkylation sites (N-methyl/N-ethyl adjacent to an activating group) is 1. The molecule has 0 saturated heterocycles. The van der Waals surface area contributed by atoms with Gasteiger partial charge in [-0.25, -0.2) is 0 Å².